The van der Waals surface area contributed by atoms with Gasteiger partial charge in [-0.1, -0.05) is 6.42 Å². The summed E-state index contributed by atoms with van der Waals surface area (Å²) >= 11 is 0. The van der Waals surface area contributed by atoms with E-state index in [9.17, 15) is 4.79 Å². The van der Waals surface area contributed by atoms with Crippen molar-refractivity contribution in [2.75, 3.05) is 19.6 Å². The van der Waals surface area contributed by atoms with Gasteiger partial charge in [-0.3, -0.25) is 4.79 Å². The van der Waals surface area contributed by atoms with Gasteiger partial charge in [-0.15, -0.1) is 0 Å². The number of carbonyl (C=O) groups excluding carboxylic acids is 1. The van der Waals surface area contributed by atoms with Gasteiger partial charge in [0.25, 0.3) is 5.91 Å². The topological polar surface area (TPSA) is 69.0 Å². The van der Waals surface area contributed by atoms with Crippen LogP contribution in [0.2, 0.25) is 0 Å². The lowest BCUT2D eigenvalue weighted by Gasteiger charge is -2.29. The fraction of sp³-hybridized carbons (Fsp3) is 0.533. The van der Waals surface area contributed by atoms with Gasteiger partial charge in [0, 0.05) is 18.8 Å². The summed E-state index contributed by atoms with van der Waals surface area (Å²) in [6.07, 6.45) is 5.23. The summed E-state index contributed by atoms with van der Waals surface area (Å²) in [4.78, 5) is 18.4. The maximum atomic E-state index is 12.0. The zero-order chi connectivity index (χ0) is 14.4. The zero-order valence-electron chi connectivity index (χ0n) is 11.8. The Kier molecular flexibility index (Phi) is 5.08. The SMILES string of the molecule is CC(CN1CCCCC1)NC(=O)c1ccc(C#N)cn1. The second-order valence-corrected chi connectivity index (χ2v) is 5.28. The predicted molar refractivity (Wildman–Crippen MR) is 76.2 cm³/mol. The highest BCUT2D eigenvalue weighted by atomic mass is 16.1. The summed E-state index contributed by atoms with van der Waals surface area (Å²) in [5.74, 6) is -0.181. The van der Waals surface area contributed by atoms with Gasteiger partial charge in [-0.25, -0.2) is 4.98 Å². The molecule has 0 bridgehead atoms. The lowest BCUT2D eigenvalue weighted by atomic mass is 10.1. The van der Waals surface area contributed by atoms with Crippen molar-refractivity contribution in [2.45, 2.75) is 32.2 Å². The van der Waals surface area contributed by atoms with Crippen molar-refractivity contribution in [3.8, 4) is 6.07 Å². The molecule has 5 nitrogen and oxygen atoms in total. The van der Waals surface area contributed by atoms with Gasteiger partial charge in [0.15, 0.2) is 0 Å². The largest absolute Gasteiger partial charge is 0.347 e. The Morgan fingerprint density at radius 1 is 1.45 bits per heavy atom. The predicted octanol–water partition coefficient (Wildman–Crippen LogP) is 1.56. The first kappa shape index (κ1) is 14.5. The third-order valence-corrected chi connectivity index (χ3v) is 3.48. The molecule has 1 amide bonds. The van der Waals surface area contributed by atoms with Gasteiger partial charge in [0.05, 0.1) is 5.56 Å². The molecule has 0 saturated carbocycles. The minimum absolute atomic E-state index is 0.0954. The molecule has 0 radical (unpaired) electrons. The van der Waals surface area contributed by atoms with Crippen molar-refractivity contribution in [1.29, 1.82) is 5.26 Å². The highest BCUT2D eigenvalue weighted by Crippen LogP contribution is 2.09. The van der Waals surface area contributed by atoms with Gasteiger partial charge < -0.3 is 10.2 Å². The van der Waals surface area contributed by atoms with Crippen LogP contribution >= 0.6 is 0 Å². The number of hydrogen-bond acceptors (Lipinski definition) is 4. The lowest BCUT2D eigenvalue weighted by molar-refractivity contribution is 0.0920. The molecule has 1 aromatic heterocycles. The van der Waals surface area contributed by atoms with E-state index in [4.69, 9.17) is 5.26 Å². The van der Waals surface area contributed by atoms with Crippen LogP contribution in [0.3, 0.4) is 0 Å². The van der Waals surface area contributed by atoms with Gasteiger partial charge in [0.1, 0.15) is 11.8 Å². The molecule has 1 aromatic rings. The summed E-state index contributed by atoms with van der Waals surface area (Å²) in [5.41, 5.74) is 0.817. The molecule has 1 N–H and O–H groups in total. The summed E-state index contributed by atoms with van der Waals surface area (Å²) in [6.45, 7) is 5.13. The van der Waals surface area contributed by atoms with Crippen LogP contribution in [0.5, 0.6) is 0 Å². The molecule has 20 heavy (non-hydrogen) atoms. The van der Waals surface area contributed by atoms with E-state index >= 15 is 0 Å². The van der Waals surface area contributed by atoms with Crippen LogP contribution in [0.4, 0.5) is 0 Å². The quantitative estimate of drug-likeness (QED) is 0.903. The molecule has 5 heteroatoms. The molecule has 106 valence electrons. The van der Waals surface area contributed by atoms with E-state index in [0.29, 0.717) is 11.3 Å². The fourth-order valence-corrected chi connectivity index (χ4v) is 2.47. The van der Waals surface area contributed by atoms with E-state index in [0.717, 1.165) is 19.6 Å². The van der Waals surface area contributed by atoms with E-state index < -0.39 is 0 Å². The number of hydrogen-bond donors (Lipinski definition) is 1. The minimum atomic E-state index is -0.181. The molecule has 1 fully saturated rings. The number of amides is 1. The maximum Gasteiger partial charge on any atom is 0.270 e. The highest BCUT2D eigenvalue weighted by Gasteiger charge is 2.16. The molecule has 2 rings (SSSR count). The van der Waals surface area contributed by atoms with Crippen LogP contribution in [-0.2, 0) is 0 Å². The van der Waals surface area contributed by atoms with Crippen LogP contribution in [0.25, 0.3) is 0 Å². The summed E-state index contributed by atoms with van der Waals surface area (Å²) < 4.78 is 0. The van der Waals surface area contributed by atoms with Crippen LogP contribution in [0.1, 0.15) is 42.2 Å². The van der Waals surface area contributed by atoms with Crippen LogP contribution in [0, 0.1) is 11.3 Å². The molecule has 1 atom stereocenters. The number of carbonyl (C=O) groups is 1. The van der Waals surface area contributed by atoms with E-state index in [-0.39, 0.29) is 11.9 Å². The molecular weight excluding hydrogens is 252 g/mol. The van der Waals surface area contributed by atoms with Gasteiger partial charge in [-0.05, 0) is 45.0 Å². The average Bonchev–Trinajstić information content (AvgIpc) is 2.48. The fourth-order valence-electron chi connectivity index (χ4n) is 2.47. The Balaban J connectivity index is 1.84. The number of rotatable bonds is 4. The molecule has 1 aliphatic heterocycles. The molecule has 1 aliphatic rings. The second-order valence-electron chi connectivity index (χ2n) is 5.28. The van der Waals surface area contributed by atoms with E-state index in [1.54, 1.807) is 12.1 Å². The number of likely N-dealkylation sites (tertiary alicyclic amines) is 1. The third kappa shape index (κ3) is 4.04. The number of nitriles is 1. The van der Waals surface area contributed by atoms with Crippen molar-refractivity contribution in [1.82, 2.24) is 15.2 Å². The van der Waals surface area contributed by atoms with Crippen LogP contribution in [0.15, 0.2) is 18.3 Å². The standard InChI is InChI=1S/C15H20N4O/c1-12(11-19-7-3-2-4-8-19)18-15(20)14-6-5-13(9-16)10-17-14/h5-6,10,12H,2-4,7-8,11H2,1H3,(H,18,20). The first-order chi connectivity index (χ1) is 9.69. The van der Waals surface area contributed by atoms with Crippen molar-refractivity contribution in [3.05, 3.63) is 29.6 Å². The molecular formula is C15H20N4O. The molecule has 0 aliphatic carbocycles. The monoisotopic (exact) mass is 272 g/mol. The van der Waals surface area contributed by atoms with Gasteiger partial charge in [0.2, 0.25) is 0 Å². The zero-order valence-corrected chi connectivity index (χ0v) is 11.8. The summed E-state index contributed by atoms with van der Waals surface area (Å²) in [5, 5.41) is 11.7. The normalized spacial score (nSPS) is 17.2. The molecule has 0 spiro atoms. The van der Waals surface area contributed by atoms with Crippen molar-refractivity contribution in [2.24, 2.45) is 0 Å². The van der Waals surface area contributed by atoms with Gasteiger partial charge >= 0.3 is 0 Å². The minimum Gasteiger partial charge on any atom is -0.347 e. The van der Waals surface area contributed by atoms with E-state index in [2.05, 4.69) is 15.2 Å². The van der Waals surface area contributed by atoms with E-state index in [1.165, 1.54) is 25.5 Å². The Labute approximate surface area is 119 Å². The summed E-state index contributed by atoms with van der Waals surface area (Å²) in [6, 6.07) is 5.28. The Morgan fingerprint density at radius 2 is 2.20 bits per heavy atom. The lowest BCUT2D eigenvalue weighted by Crippen LogP contribution is -2.43. The molecule has 1 unspecified atom stereocenters. The van der Waals surface area contributed by atoms with Gasteiger partial charge in [-0.2, -0.15) is 5.26 Å². The number of piperidine rings is 1. The van der Waals surface area contributed by atoms with Crippen molar-refractivity contribution < 1.29 is 4.79 Å². The van der Waals surface area contributed by atoms with Crippen LogP contribution < -0.4 is 5.32 Å². The Morgan fingerprint density at radius 3 is 2.80 bits per heavy atom. The maximum absolute atomic E-state index is 12.0. The molecule has 0 aromatic carbocycles. The Bertz CT molecular complexity index is 486. The summed E-state index contributed by atoms with van der Waals surface area (Å²) in [7, 11) is 0. The van der Waals surface area contributed by atoms with Crippen molar-refractivity contribution >= 4 is 5.91 Å². The van der Waals surface area contributed by atoms with Crippen molar-refractivity contribution in [3.63, 3.8) is 0 Å². The van der Waals surface area contributed by atoms with Crippen LogP contribution in [-0.4, -0.2) is 41.5 Å². The number of nitrogens with one attached hydrogen (secondary N) is 1. The first-order valence-corrected chi connectivity index (χ1v) is 7.08. The first-order valence-electron chi connectivity index (χ1n) is 7.08. The third-order valence-electron chi connectivity index (χ3n) is 3.48. The highest BCUT2D eigenvalue weighted by molar-refractivity contribution is 5.92. The smallest absolute Gasteiger partial charge is 0.270 e. The Hall–Kier alpha value is -1.93. The average molecular weight is 272 g/mol. The second kappa shape index (κ2) is 7.01. The number of aromatic nitrogens is 1. The molecule has 2 heterocycles. The number of nitrogens with zero attached hydrogens (tertiary/aromatic N) is 3. The number of pyridine rings is 1. The molecule has 1 saturated heterocycles. The van der Waals surface area contributed by atoms with E-state index in [1.807, 2.05) is 13.0 Å².